The first-order valence-corrected chi connectivity index (χ1v) is 11.4. The van der Waals surface area contributed by atoms with Gasteiger partial charge in [0.2, 0.25) is 5.91 Å². The lowest BCUT2D eigenvalue weighted by Gasteiger charge is -2.36. The van der Waals surface area contributed by atoms with E-state index in [1.807, 2.05) is 34.2 Å². The largest absolute Gasteiger partial charge is 0.353 e. The Balaban J connectivity index is 1.41. The summed E-state index contributed by atoms with van der Waals surface area (Å²) < 4.78 is 13.7. The fourth-order valence-corrected chi connectivity index (χ4v) is 4.48. The number of pyridine rings is 1. The maximum Gasteiger partial charge on any atom is 0.243 e. The molecule has 4 rings (SSSR count). The topological polar surface area (TPSA) is 52.0 Å². The predicted octanol–water partition coefficient (Wildman–Crippen LogP) is 3.70. The minimum atomic E-state index is -0.206. The summed E-state index contributed by atoms with van der Waals surface area (Å²) in [4.78, 5) is 21.7. The zero-order valence-electron chi connectivity index (χ0n) is 19.2. The van der Waals surface area contributed by atoms with E-state index in [0.29, 0.717) is 24.6 Å². The third-order valence-electron chi connectivity index (χ3n) is 6.24. The van der Waals surface area contributed by atoms with Crippen LogP contribution in [-0.2, 0) is 4.79 Å². The van der Waals surface area contributed by atoms with Crippen LogP contribution in [-0.4, -0.2) is 65.3 Å². The minimum absolute atomic E-state index is 0.111. The number of anilines is 1. The molecule has 0 saturated carbocycles. The second-order valence-corrected chi connectivity index (χ2v) is 9.15. The van der Waals surface area contributed by atoms with Gasteiger partial charge in [0.25, 0.3) is 0 Å². The molecule has 2 aliphatic heterocycles. The third kappa shape index (κ3) is 5.09. The minimum Gasteiger partial charge on any atom is -0.353 e. The van der Waals surface area contributed by atoms with Gasteiger partial charge in [-0.25, -0.2) is 9.37 Å². The average Bonchev–Trinajstić information content (AvgIpc) is 3.17. The van der Waals surface area contributed by atoms with Gasteiger partial charge in [0.1, 0.15) is 18.2 Å². The van der Waals surface area contributed by atoms with Gasteiger partial charge in [0.15, 0.2) is 0 Å². The van der Waals surface area contributed by atoms with Gasteiger partial charge in [0.05, 0.1) is 11.8 Å². The number of piperazine rings is 1. The summed E-state index contributed by atoms with van der Waals surface area (Å²) >= 11 is 0. The molecule has 2 aliphatic rings. The second kappa shape index (κ2) is 9.67. The van der Waals surface area contributed by atoms with E-state index in [-0.39, 0.29) is 24.3 Å². The number of aryl methyl sites for hydroxylation is 1. The number of aromatic nitrogens is 1. The summed E-state index contributed by atoms with van der Waals surface area (Å²) in [5.41, 5.74) is 2.49. The number of hydrogen-bond donors (Lipinski definition) is 0. The highest BCUT2D eigenvalue weighted by molar-refractivity contribution is 6.02. The maximum atomic E-state index is 13.7. The molecule has 7 heteroatoms. The van der Waals surface area contributed by atoms with E-state index in [9.17, 15) is 9.18 Å². The molecule has 1 fully saturated rings. The Bertz CT molecular complexity index is 970. The van der Waals surface area contributed by atoms with Gasteiger partial charge >= 0.3 is 0 Å². The quantitative estimate of drug-likeness (QED) is 0.692. The van der Waals surface area contributed by atoms with Crippen molar-refractivity contribution in [1.82, 2.24) is 14.9 Å². The predicted molar refractivity (Wildman–Crippen MR) is 125 cm³/mol. The smallest absolute Gasteiger partial charge is 0.243 e. The maximum absolute atomic E-state index is 13.7. The van der Waals surface area contributed by atoms with Crippen LogP contribution in [0.2, 0.25) is 0 Å². The number of amides is 1. The van der Waals surface area contributed by atoms with Crippen LogP contribution in [0.5, 0.6) is 0 Å². The highest BCUT2D eigenvalue weighted by Crippen LogP contribution is 2.26. The van der Waals surface area contributed by atoms with Gasteiger partial charge in [-0.15, -0.1) is 0 Å². The van der Waals surface area contributed by atoms with E-state index >= 15 is 0 Å². The van der Waals surface area contributed by atoms with Crippen LogP contribution >= 0.6 is 0 Å². The molecule has 0 spiro atoms. The molecule has 1 aromatic heterocycles. The first kappa shape index (κ1) is 22.2. The number of nitrogens with zero attached hydrogens (tertiary/aromatic N) is 5. The van der Waals surface area contributed by atoms with Gasteiger partial charge in [0, 0.05) is 38.8 Å². The highest BCUT2D eigenvalue weighted by atomic mass is 19.1. The summed E-state index contributed by atoms with van der Waals surface area (Å²) in [7, 11) is 0. The zero-order chi connectivity index (χ0) is 22.7. The van der Waals surface area contributed by atoms with E-state index < -0.39 is 0 Å². The molecule has 1 saturated heterocycles. The van der Waals surface area contributed by atoms with E-state index in [2.05, 4.69) is 23.7 Å². The molecule has 2 aromatic rings. The molecular formula is C25H32FN5O. The van der Waals surface area contributed by atoms with Crippen molar-refractivity contribution >= 4 is 17.4 Å². The Morgan fingerprint density at radius 2 is 1.94 bits per heavy atom. The monoisotopic (exact) mass is 437 g/mol. The second-order valence-electron chi connectivity index (χ2n) is 9.15. The van der Waals surface area contributed by atoms with Crippen LogP contribution in [0.1, 0.15) is 37.8 Å². The summed E-state index contributed by atoms with van der Waals surface area (Å²) in [6.45, 7) is 9.37. The van der Waals surface area contributed by atoms with Gasteiger partial charge in [-0.3, -0.25) is 9.80 Å². The zero-order valence-corrected chi connectivity index (χ0v) is 19.2. The van der Waals surface area contributed by atoms with Crippen LogP contribution in [0.4, 0.5) is 10.2 Å². The van der Waals surface area contributed by atoms with Crippen LogP contribution in [0.3, 0.4) is 0 Å². The Morgan fingerprint density at radius 1 is 1.16 bits per heavy atom. The Labute approximate surface area is 189 Å². The molecule has 1 aromatic carbocycles. The Kier molecular flexibility index (Phi) is 6.72. The molecule has 0 radical (unpaired) electrons. The number of carbonyl (C=O) groups excluding carboxylic acids is 1. The van der Waals surface area contributed by atoms with Gasteiger partial charge in [-0.05, 0) is 54.7 Å². The summed E-state index contributed by atoms with van der Waals surface area (Å²) in [5, 5.41) is 6.78. The van der Waals surface area contributed by atoms with E-state index in [4.69, 9.17) is 5.10 Å². The standard InChI is InChI=1S/C25H32FN5O/c1-18(2)14-21-16-23(20-7-8-22(26)19(3)15-20)28-31(21)17-25(32)30-12-10-29(11-13-30)24-6-4-5-9-27-24/h4-9,15,18,21H,10-14,16-17H2,1-3H3. The average molecular weight is 438 g/mol. The fraction of sp³-hybridized carbons (Fsp3) is 0.480. The van der Waals surface area contributed by atoms with Crippen molar-refractivity contribution in [2.45, 2.75) is 39.7 Å². The molecule has 0 bridgehead atoms. The molecule has 0 aliphatic carbocycles. The molecule has 3 heterocycles. The number of hydrogen-bond acceptors (Lipinski definition) is 5. The first-order chi connectivity index (χ1) is 15.4. The summed E-state index contributed by atoms with van der Waals surface area (Å²) in [6, 6.07) is 11.2. The Hall–Kier alpha value is -2.96. The number of rotatable bonds is 6. The van der Waals surface area contributed by atoms with Crippen molar-refractivity contribution < 1.29 is 9.18 Å². The van der Waals surface area contributed by atoms with Crippen LogP contribution in [0.25, 0.3) is 0 Å². The number of hydrazone groups is 1. The van der Waals surface area contributed by atoms with Crippen molar-refractivity contribution in [2.24, 2.45) is 11.0 Å². The van der Waals surface area contributed by atoms with E-state index in [1.54, 1.807) is 19.2 Å². The molecule has 170 valence electrons. The summed E-state index contributed by atoms with van der Waals surface area (Å²) in [6.07, 6.45) is 3.55. The number of halogens is 1. The fourth-order valence-electron chi connectivity index (χ4n) is 4.48. The van der Waals surface area contributed by atoms with Crippen LogP contribution in [0.15, 0.2) is 47.7 Å². The molecular weight excluding hydrogens is 405 g/mol. The lowest BCUT2D eigenvalue weighted by Crippen LogP contribution is -2.51. The van der Waals surface area contributed by atoms with Crippen LogP contribution in [0, 0.1) is 18.7 Å². The molecule has 32 heavy (non-hydrogen) atoms. The SMILES string of the molecule is Cc1cc(C2=NN(CC(=O)N3CCN(c4ccccn4)CC3)C(CC(C)C)C2)ccc1F. The number of benzene rings is 1. The van der Waals surface area contributed by atoms with Crippen molar-refractivity contribution in [3.63, 3.8) is 0 Å². The molecule has 6 nitrogen and oxygen atoms in total. The molecule has 0 N–H and O–H groups in total. The molecule has 1 atom stereocenters. The molecule has 1 amide bonds. The van der Waals surface area contributed by atoms with Crippen molar-refractivity contribution in [1.29, 1.82) is 0 Å². The third-order valence-corrected chi connectivity index (χ3v) is 6.24. The van der Waals surface area contributed by atoms with Gasteiger partial charge < -0.3 is 9.80 Å². The van der Waals surface area contributed by atoms with E-state index in [0.717, 1.165) is 43.0 Å². The van der Waals surface area contributed by atoms with Crippen LogP contribution < -0.4 is 4.90 Å². The number of carbonyl (C=O) groups is 1. The highest BCUT2D eigenvalue weighted by Gasteiger charge is 2.31. The van der Waals surface area contributed by atoms with Crippen molar-refractivity contribution in [3.8, 4) is 0 Å². The van der Waals surface area contributed by atoms with Gasteiger partial charge in [-0.1, -0.05) is 26.0 Å². The molecule has 1 unspecified atom stereocenters. The van der Waals surface area contributed by atoms with Gasteiger partial charge in [-0.2, -0.15) is 5.10 Å². The lowest BCUT2D eigenvalue weighted by molar-refractivity contribution is -0.133. The normalized spacial score (nSPS) is 19.0. The summed E-state index contributed by atoms with van der Waals surface area (Å²) in [5.74, 6) is 1.37. The van der Waals surface area contributed by atoms with Crippen molar-refractivity contribution in [3.05, 3.63) is 59.5 Å². The Morgan fingerprint density at radius 3 is 2.59 bits per heavy atom. The lowest BCUT2D eigenvalue weighted by atomic mass is 9.96. The van der Waals surface area contributed by atoms with Crippen molar-refractivity contribution in [2.75, 3.05) is 37.6 Å². The first-order valence-electron chi connectivity index (χ1n) is 11.4. The van der Waals surface area contributed by atoms with E-state index in [1.165, 1.54) is 6.07 Å².